The molecule has 84 valence electrons. The van der Waals surface area contributed by atoms with Gasteiger partial charge in [0, 0.05) is 12.3 Å². The molecule has 0 atom stereocenters. The number of aromatic nitrogens is 1. The molecule has 0 radical (unpaired) electrons. The Morgan fingerprint density at radius 1 is 0.647 bits per heavy atom. The lowest BCUT2D eigenvalue weighted by Crippen LogP contribution is -1.98. The number of nitrogens with one attached hydrogen (secondary N) is 1. The van der Waals surface area contributed by atoms with Crippen LogP contribution < -0.4 is 5.56 Å². The highest BCUT2D eigenvalue weighted by atomic mass is 16.1. The van der Waals surface area contributed by atoms with Crippen LogP contribution in [0.3, 0.4) is 0 Å². The summed E-state index contributed by atoms with van der Waals surface area (Å²) in [7, 11) is 0. The third-order valence-corrected chi connectivity index (χ3v) is 2.34. The summed E-state index contributed by atoms with van der Waals surface area (Å²) in [5.74, 6) is 0. The maximum atomic E-state index is 10.2. The van der Waals surface area contributed by atoms with E-state index in [1.807, 2.05) is 0 Å². The van der Waals surface area contributed by atoms with Gasteiger partial charge >= 0.3 is 0 Å². The lowest BCUT2D eigenvalue weighted by atomic mass is 10.1. The first-order valence-corrected chi connectivity index (χ1v) is 5.44. The molecule has 0 saturated heterocycles. The van der Waals surface area contributed by atoms with E-state index in [9.17, 15) is 4.79 Å². The van der Waals surface area contributed by atoms with Gasteiger partial charge in [-0.2, -0.15) is 0 Å². The molecule has 17 heavy (non-hydrogen) atoms. The van der Waals surface area contributed by atoms with E-state index in [1.54, 1.807) is 18.3 Å². The number of hydrogen-bond acceptors (Lipinski definition) is 1. The molecule has 0 aliphatic rings. The zero-order chi connectivity index (χ0) is 11.9. The summed E-state index contributed by atoms with van der Waals surface area (Å²) in [6.45, 7) is 0. The van der Waals surface area contributed by atoms with Crippen molar-refractivity contribution in [2.75, 3.05) is 0 Å². The predicted molar refractivity (Wildman–Crippen MR) is 71.0 cm³/mol. The van der Waals surface area contributed by atoms with Crippen molar-refractivity contribution >= 4 is 10.8 Å². The molecule has 1 aromatic heterocycles. The summed E-state index contributed by atoms with van der Waals surface area (Å²) in [5.41, 5.74) is -0.0532. The zero-order valence-electron chi connectivity index (χ0n) is 9.34. The molecule has 0 unspecified atom stereocenters. The molecule has 3 aromatic rings. The summed E-state index contributed by atoms with van der Waals surface area (Å²) >= 11 is 0. The predicted octanol–water partition coefficient (Wildman–Crippen LogP) is 3.21. The molecule has 1 N–H and O–H groups in total. The minimum Gasteiger partial charge on any atom is -0.329 e. The van der Waals surface area contributed by atoms with Gasteiger partial charge in [-0.05, 0) is 16.8 Å². The lowest BCUT2D eigenvalue weighted by molar-refractivity contribution is 1.24. The minimum atomic E-state index is -0.0532. The normalized spacial score (nSPS) is 9.41. The van der Waals surface area contributed by atoms with Gasteiger partial charge in [0.1, 0.15) is 0 Å². The van der Waals surface area contributed by atoms with Crippen LogP contribution in [0.25, 0.3) is 10.8 Å². The van der Waals surface area contributed by atoms with E-state index in [1.165, 1.54) is 16.8 Å². The van der Waals surface area contributed by atoms with Crippen molar-refractivity contribution in [1.82, 2.24) is 4.98 Å². The van der Waals surface area contributed by atoms with Crippen molar-refractivity contribution in [3.63, 3.8) is 0 Å². The summed E-state index contributed by atoms with van der Waals surface area (Å²) < 4.78 is 0. The standard InChI is InChI=1S/C10H8.C5H5NO/c1-2-6-10-8-4-3-7-9(10)5-1;7-5-3-1-2-4-6-5/h1-8H;1-4H,(H,6,7). The Balaban J connectivity index is 0.000000136. The maximum absolute atomic E-state index is 10.2. The summed E-state index contributed by atoms with van der Waals surface area (Å²) in [6, 6.07) is 21.6. The Bertz CT molecular complexity index is 560. The Kier molecular flexibility index (Phi) is 3.71. The van der Waals surface area contributed by atoms with Crippen molar-refractivity contribution in [1.29, 1.82) is 0 Å². The quantitative estimate of drug-likeness (QED) is 0.623. The van der Waals surface area contributed by atoms with Crippen molar-refractivity contribution < 1.29 is 0 Å². The van der Waals surface area contributed by atoms with Crippen molar-refractivity contribution in [3.05, 3.63) is 83.3 Å². The summed E-state index contributed by atoms with van der Waals surface area (Å²) in [4.78, 5) is 12.7. The van der Waals surface area contributed by atoms with Crippen LogP contribution in [0.15, 0.2) is 77.7 Å². The minimum absolute atomic E-state index is 0.0532. The monoisotopic (exact) mass is 223 g/mol. The van der Waals surface area contributed by atoms with Crippen LogP contribution in [0.2, 0.25) is 0 Å². The molecule has 1 heterocycles. The van der Waals surface area contributed by atoms with Gasteiger partial charge in [0.25, 0.3) is 0 Å². The highest BCUT2D eigenvalue weighted by molar-refractivity contribution is 5.81. The number of pyridine rings is 1. The van der Waals surface area contributed by atoms with Gasteiger partial charge in [0.2, 0.25) is 5.56 Å². The average molecular weight is 223 g/mol. The third kappa shape index (κ3) is 3.31. The Labute approximate surface area is 99.6 Å². The topological polar surface area (TPSA) is 32.9 Å². The third-order valence-electron chi connectivity index (χ3n) is 2.34. The van der Waals surface area contributed by atoms with Gasteiger partial charge in [-0.25, -0.2) is 0 Å². The fourth-order valence-corrected chi connectivity index (χ4v) is 1.51. The molecule has 2 heteroatoms. The smallest absolute Gasteiger partial charge is 0.247 e. The molecule has 2 nitrogen and oxygen atoms in total. The van der Waals surface area contributed by atoms with Gasteiger partial charge < -0.3 is 4.98 Å². The van der Waals surface area contributed by atoms with Crippen molar-refractivity contribution in [2.24, 2.45) is 0 Å². The van der Waals surface area contributed by atoms with Gasteiger partial charge in [0.15, 0.2) is 0 Å². The van der Waals surface area contributed by atoms with E-state index in [0.717, 1.165) is 0 Å². The van der Waals surface area contributed by atoms with Gasteiger partial charge in [-0.3, -0.25) is 4.79 Å². The van der Waals surface area contributed by atoms with Crippen LogP contribution in [-0.2, 0) is 0 Å². The van der Waals surface area contributed by atoms with E-state index in [-0.39, 0.29) is 5.56 Å². The first kappa shape index (κ1) is 11.1. The number of hydrogen-bond donors (Lipinski definition) is 1. The molecule has 0 aliphatic carbocycles. The number of fused-ring (bicyclic) bond motifs is 1. The first-order valence-electron chi connectivity index (χ1n) is 5.44. The van der Waals surface area contributed by atoms with Gasteiger partial charge in [-0.15, -0.1) is 0 Å². The number of benzene rings is 2. The number of H-pyrrole nitrogens is 1. The van der Waals surface area contributed by atoms with Crippen LogP contribution in [0.5, 0.6) is 0 Å². The molecular formula is C15H13NO. The highest BCUT2D eigenvalue weighted by Gasteiger charge is 1.85. The summed E-state index contributed by atoms with van der Waals surface area (Å²) in [5, 5.41) is 2.62. The SMILES string of the molecule is O=c1cccc[nH]1.c1ccc2ccccc2c1. The Morgan fingerprint density at radius 3 is 1.41 bits per heavy atom. The molecule has 0 saturated carbocycles. The van der Waals surface area contributed by atoms with E-state index < -0.39 is 0 Å². The second kappa shape index (κ2) is 5.66. The Morgan fingerprint density at radius 2 is 1.12 bits per heavy atom. The van der Waals surface area contributed by atoms with Gasteiger partial charge in [-0.1, -0.05) is 54.6 Å². The van der Waals surface area contributed by atoms with Crippen LogP contribution in [0.1, 0.15) is 0 Å². The fourth-order valence-electron chi connectivity index (χ4n) is 1.51. The first-order chi connectivity index (χ1) is 8.36. The van der Waals surface area contributed by atoms with E-state index in [4.69, 9.17) is 0 Å². The van der Waals surface area contributed by atoms with E-state index in [2.05, 4.69) is 53.5 Å². The zero-order valence-corrected chi connectivity index (χ0v) is 9.34. The van der Waals surface area contributed by atoms with Crippen LogP contribution >= 0.6 is 0 Å². The highest BCUT2D eigenvalue weighted by Crippen LogP contribution is 2.11. The van der Waals surface area contributed by atoms with E-state index in [0.29, 0.717) is 0 Å². The molecule has 0 spiro atoms. The Hall–Kier alpha value is -2.35. The molecule has 3 rings (SSSR count). The van der Waals surface area contributed by atoms with E-state index >= 15 is 0 Å². The lowest BCUT2D eigenvalue weighted by Gasteiger charge is -1.92. The van der Waals surface area contributed by atoms with Crippen LogP contribution in [0.4, 0.5) is 0 Å². The fraction of sp³-hybridized carbons (Fsp3) is 0. The number of aromatic amines is 1. The molecule has 2 aromatic carbocycles. The maximum Gasteiger partial charge on any atom is 0.247 e. The molecule has 0 bridgehead atoms. The van der Waals surface area contributed by atoms with Crippen molar-refractivity contribution in [2.45, 2.75) is 0 Å². The second-order valence-electron chi connectivity index (χ2n) is 3.57. The number of rotatable bonds is 0. The molecule has 0 fully saturated rings. The molecular weight excluding hydrogens is 210 g/mol. The molecule has 0 aliphatic heterocycles. The van der Waals surface area contributed by atoms with Gasteiger partial charge in [0.05, 0.1) is 0 Å². The van der Waals surface area contributed by atoms with Crippen molar-refractivity contribution in [3.8, 4) is 0 Å². The van der Waals surface area contributed by atoms with Crippen LogP contribution in [0, 0.1) is 0 Å². The second-order valence-corrected chi connectivity index (χ2v) is 3.57. The average Bonchev–Trinajstić information content (AvgIpc) is 2.41. The summed E-state index contributed by atoms with van der Waals surface area (Å²) in [6.07, 6.45) is 1.60. The molecule has 0 amide bonds. The largest absolute Gasteiger partial charge is 0.329 e. The van der Waals surface area contributed by atoms with Crippen LogP contribution in [-0.4, -0.2) is 4.98 Å².